The zero-order chi connectivity index (χ0) is 22.3. The molecule has 0 aromatic carbocycles. The minimum Gasteiger partial charge on any atom is -0.426 e. The first-order chi connectivity index (χ1) is 13.8. The lowest BCUT2D eigenvalue weighted by molar-refractivity contribution is -0.308. The lowest BCUT2D eigenvalue weighted by Crippen LogP contribution is -2.49. The summed E-state index contributed by atoms with van der Waals surface area (Å²) in [7, 11) is 0. The molecule has 12 heteroatoms. The topological polar surface area (TPSA) is 71.5 Å². The molecule has 3 rings (SSSR count). The van der Waals surface area contributed by atoms with Gasteiger partial charge in [0.2, 0.25) is 5.91 Å². The number of alkyl halides is 6. The van der Waals surface area contributed by atoms with Crippen molar-refractivity contribution in [3.05, 3.63) is 24.0 Å². The molecule has 166 valence electrons. The maximum atomic E-state index is 12.6. The molecule has 2 aliphatic rings. The molecule has 1 atom stereocenters. The van der Waals surface area contributed by atoms with Crippen LogP contribution in [0.4, 0.5) is 36.8 Å². The molecule has 2 heterocycles. The first-order valence-electron chi connectivity index (χ1n) is 9.15. The molecule has 30 heavy (non-hydrogen) atoms. The summed E-state index contributed by atoms with van der Waals surface area (Å²) in [6.45, 7) is 1.56. The molecule has 2 amide bonds. The van der Waals surface area contributed by atoms with Gasteiger partial charge in [0, 0.05) is 25.2 Å². The summed E-state index contributed by atoms with van der Waals surface area (Å²) in [4.78, 5) is 29.2. The van der Waals surface area contributed by atoms with Crippen LogP contribution < -0.4 is 5.32 Å². The van der Waals surface area contributed by atoms with Gasteiger partial charge in [-0.1, -0.05) is 0 Å². The predicted octanol–water partition coefficient (Wildman–Crippen LogP) is 4.06. The summed E-state index contributed by atoms with van der Waals surface area (Å²) < 4.78 is 79.1. The highest BCUT2D eigenvalue weighted by Gasteiger charge is 2.61. The molecule has 1 unspecified atom stereocenters. The number of halogens is 6. The van der Waals surface area contributed by atoms with Crippen LogP contribution >= 0.6 is 0 Å². The van der Waals surface area contributed by atoms with Crippen molar-refractivity contribution >= 4 is 17.7 Å². The van der Waals surface area contributed by atoms with Crippen molar-refractivity contribution < 1.29 is 40.7 Å². The zero-order valence-corrected chi connectivity index (χ0v) is 15.8. The molecule has 2 fully saturated rings. The van der Waals surface area contributed by atoms with Crippen molar-refractivity contribution in [2.24, 2.45) is 11.3 Å². The van der Waals surface area contributed by atoms with E-state index in [9.17, 15) is 35.9 Å². The van der Waals surface area contributed by atoms with Crippen LogP contribution in [0.2, 0.25) is 0 Å². The monoisotopic (exact) mass is 439 g/mol. The van der Waals surface area contributed by atoms with Gasteiger partial charge in [-0.15, -0.1) is 0 Å². The highest BCUT2D eigenvalue weighted by molar-refractivity contribution is 5.95. The van der Waals surface area contributed by atoms with Crippen LogP contribution in [0.15, 0.2) is 18.3 Å². The van der Waals surface area contributed by atoms with Crippen molar-refractivity contribution in [2.45, 2.75) is 44.6 Å². The molecule has 0 bridgehead atoms. The number of nitrogens with one attached hydrogen (secondary N) is 1. The Morgan fingerprint density at radius 1 is 1.20 bits per heavy atom. The van der Waals surface area contributed by atoms with Crippen molar-refractivity contribution in [1.29, 1.82) is 0 Å². The lowest BCUT2D eigenvalue weighted by atomic mass is 9.91. The number of likely N-dealkylation sites (tertiary alicyclic amines) is 1. The van der Waals surface area contributed by atoms with Crippen molar-refractivity contribution in [2.75, 3.05) is 18.4 Å². The average molecular weight is 439 g/mol. The number of nitrogens with zero attached hydrogens (tertiary/aromatic N) is 2. The predicted molar refractivity (Wildman–Crippen MR) is 91.3 cm³/mol. The highest BCUT2D eigenvalue weighted by Crippen LogP contribution is 2.59. The first kappa shape index (κ1) is 22.2. The Labute approximate surface area is 167 Å². The summed E-state index contributed by atoms with van der Waals surface area (Å²) in [6, 6.07) is 3.37. The molecular weight excluding hydrogens is 420 g/mol. The van der Waals surface area contributed by atoms with E-state index in [1.807, 2.05) is 0 Å². The van der Waals surface area contributed by atoms with Crippen LogP contribution in [-0.4, -0.2) is 53.4 Å². The molecule has 1 aromatic heterocycles. The van der Waals surface area contributed by atoms with Gasteiger partial charge in [-0.2, -0.15) is 26.3 Å². The van der Waals surface area contributed by atoms with Gasteiger partial charge in [0.05, 0.1) is 11.4 Å². The average Bonchev–Trinajstić information content (AvgIpc) is 3.33. The van der Waals surface area contributed by atoms with E-state index < -0.39 is 30.0 Å². The number of ether oxygens (including phenoxy) is 1. The number of anilines is 1. The SMILES string of the molecule is Cc1ncccc1NC(=O)C1CC12CCN(C(=O)OC(C(F)(F)F)C(F)(F)F)CC2. The number of aryl methyl sites for hydroxylation is 1. The van der Waals surface area contributed by atoms with Crippen molar-refractivity contribution in [1.82, 2.24) is 9.88 Å². The quantitative estimate of drug-likeness (QED) is 0.722. The van der Waals surface area contributed by atoms with E-state index >= 15 is 0 Å². The third kappa shape index (κ3) is 4.62. The second kappa shape index (κ2) is 7.62. The van der Waals surface area contributed by atoms with Crippen LogP contribution in [0.1, 0.15) is 25.0 Å². The van der Waals surface area contributed by atoms with Crippen molar-refractivity contribution in [3.8, 4) is 0 Å². The van der Waals surface area contributed by atoms with E-state index in [0.29, 0.717) is 17.8 Å². The molecular formula is C18H19F6N3O3. The van der Waals surface area contributed by atoms with Gasteiger partial charge in [-0.3, -0.25) is 9.78 Å². The summed E-state index contributed by atoms with van der Waals surface area (Å²) >= 11 is 0. The number of carbonyl (C=O) groups excluding carboxylic acids is 2. The molecule has 1 saturated heterocycles. The van der Waals surface area contributed by atoms with Crippen LogP contribution in [0.25, 0.3) is 0 Å². The summed E-state index contributed by atoms with van der Waals surface area (Å²) in [5.74, 6) is -0.565. The molecule has 6 nitrogen and oxygen atoms in total. The summed E-state index contributed by atoms with van der Waals surface area (Å²) in [5.41, 5.74) is 0.794. The van der Waals surface area contributed by atoms with Crippen molar-refractivity contribution in [3.63, 3.8) is 0 Å². The number of amides is 2. The fourth-order valence-corrected chi connectivity index (χ4v) is 3.74. The molecule has 1 saturated carbocycles. The fraction of sp³-hybridized carbons (Fsp3) is 0.611. The van der Waals surface area contributed by atoms with E-state index in [1.54, 1.807) is 25.3 Å². The highest BCUT2D eigenvalue weighted by atomic mass is 19.4. The van der Waals surface area contributed by atoms with Gasteiger partial charge in [-0.05, 0) is 43.7 Å². The Kier molecular flexibility index (Phi) is 5.63. The van der Waals surface area contributed by atoms with Crippen LogP contribution in [0.5, 0.6) is 0 Å². The van der Waals surface area contributed by atoms with Crippen LogP contribution in [0.3, 0.4) is 0 Å². The smallest absolute Gasteiger partial charge is 0.426 e. The number of rotatable bonds is 3. The lowest BCUT2D eigenvalue weighted by Gasteiger charge is -2.33. The number of hydrogen-bond donors (Lipinski definition) is 1. The summed E-state index contributed by atoms with van der Waals surface area (Å²) in [5, 5.41) is 2.78. The first-order valence-corrected chi connectivity index (χ1v) is 9.15. The maximum Gasteiger partial charge on any atom is 0.434 e. The van der Waals surface area contributed by atoms with Gasteiger partial charge >= 0.3 is 18.4 Å². The second-order valence-corrected chi connectivity index (χ2v) is 7.58. The van der Waals surface area contributed by atoms with Gasteiger partial charge < -0.3 is 15.0 Å². The van der Waals surface area contributed by atoms with E-state index in [4.69, 9.17) is 0 Å². The maximum absolute atomic E-state index is 12.6. The van der Waals surface area contributed by atoms with Gasteiger partial charge in [0.1, 0.15) is 0 Å². The number of carbonyl (C=O) groups is 2. The zero-order valence-electron chi connectivity index (χ0n) is 15.8. The number of hydrogen-bond acceptors (Lipinski definition) is 4. The van der Waals surface area contributed by atoms with E-state index in [0.717, 1.165) is 4.90 Å². The Morgan fingerprint density at radius 3 is 2.33 bits per heavy atom. The van der Waals surface area contributed by atoms with Gasteiger partial charge in [0.25, 0.3) is 6.10 Å². The molecule has 1 N–H and O–H groups in total. The normalized spacial score (nSPS) is 20.9. The number of aromatic nitrogens is 1. The second-order valence-electron chi connectivity index (χ2n) is 7.58. The van der Waals surface area contributed by atoms with E-state index in [2.05, 4.69) is 15.0 Å². The van der Waals surface area contributed by atoms with E-state index in [1.165, 1.54) is 0 Å². The third-order valence-electron chi connectivity index (χ3n) is 5.60. The Bertz CT molecular complexity index is 804. The van der Waals surface area contributed by atoms with Crippen LogP contribution in [0, 0.1) is 18.3 Å². The minimum absolute atomic E-state index is 0.0863. The Balaban J connectivity index is 1.54. The van der Waals surface area contributed by atoms with Gasteiger partial charge in [0.15, 0.2) is 0 Å². The number of piperidine rings is 1. The minimum atomic E-state index is -5.75. The summed E-state index contributed by atoms with van der Waals surface area (Å²) in [6.07, 6.45) is -14.7. The molecule has 1 aliphatic carbocycles. The number of pyridine rings is 1. The molecule has 1 spiro atoms. The Morgan fingerprint density at radius 2 is 1.80 bits per heavy atom. The van der Waals surface area contributed by atoms with Crippen LogP contribution in [-0.2, 0) is 9.53 Å². The molecule has 1 aliphatic heterocycles. The largest absolute Gasteiger partial charge is 0.434 e. The molecule has 0 radical (unpaired) electrons. The third-order valence-corrected chi connectivity index (χ3v) is 5.60. The fourth-order valence-electron chi connectivity index (χ4n) is 3.74. The standard InChI is InChI=1S/C18H19F6N3O3/c1-10-12(3-2-6-25-10)26-13(28)11-9-16(11)4-7-27(8-5-16)15(29)30-14(17(19,20)21)18(22,23)24/h2-3,6,11,14H,4-5,7-9H2,1H3,(H,26,28). The molecule has 1 aromatic rings. The Hall–Kier alpha value is -2.53. The van der Waals surface area contributed by atoms with E-state index in [-0.39, 0.29) is 37.8 Å². The van der Waals surface area contributed by atoms with Gasteiger partial charge in [-0.25, -0.2) is 4.79 Å².